The third-order valence-corrected chi connectivity index (χ3v) is 3.16. The standard InChI is InChI=1S/C14H15NO7.Na.H/c16-6-9(17)13(11(18)12(19)14(20)21)22-10-5-7-3-1-2-4-8(7)15-10;;/h1-6,9,11-13,15,17-19H,(H,20,21);;/t9-,11+,12-,13+;;/m0../s1. The van der Waals surface area contributed by atoms with Crippen LogP contribution in [-0.2, 0) is 9.59 Å². The van der Waals surface area contributed by atoms with Gasteiger partial charge in [0.05, 0.1) is 0 Å². The maximum absolute atomic E-state index is 10.7. The second kappa shape index (κ2) is 8.44. The Kier molecular flexibility index (Phi) is 7.20. The number of ether oxygens (including phenoxy) is 1. The molecule has 0 saturated carbocycles. The van der Waals surface area contributed by atoms with Crippen LogP contribution in [0.1, 0.15) is 0 Å². The number of hydrogen-bond acceptors (Lipinski definition) is 6. The van der Waals surface area contributed by atoms with Crippen LogP contribution in [0.25, 0.3) is 10.9 Å². The number of aldehydes is 1. The molecule has 5 N–H and O–H groups in total. The van der Waals surface area contributed by atoms with Crippen LogP contribution in [-0.4, -0.2) is 91.6 Å². The summed E-state index contributed by atoms with van der Waals surface area (Å²) in [6.07, 6.45) is -7.56. The first-order valence-electron chi connectivity index (χ1n) is 6.40. The first-order valence-corrected chi connectivity index (χ1v) is 6.40. The van der Waals surface area contributed by atoms with Gasteiger partial charge in [-0.3, -0.25) is 0 Å². The van der Waals surface area contributed by atoms with Crippen LogP contribution in [0.5, 0.6) is 5.88 Å². The zero-order chi connectivity index (χ0) is 16.3. The molecular formula is C14H16NNaO7. The third kappa shape index (κ3) is 4.54. The monoisotopic (exact) mass is 333 g/mol. The van der Waals surface area contributed by atoms with E-state index in [1.165, 1.54) is 0 Å². The Morgan fingerprint density at radius 3 is 2.43 bits per heavy atom. The number of para-hydroxylation sites is 1. The molecule has 0 amide bonds. The molecule has 9 heteroatoms. The van der Waals surface area contributed by atoms with Crippen LogP contribution in [0.2, 0.25) is 0 Å². The molecule has 0 spiro atoms. The summed E-state index contributed by atoms with van der Waals surface area (Å²) in [6, 6.07) is 8.67. The van der Waals surface area contributed by atoms with Crippen molar-refractivity contribution in [1.29, 1.82) is 0 Å². The van der Waals surface area contributed by atoms with E-state index in [1.54, 1.807) is 30.3 Å². The second-order valence-electron chi connectivity index (χ2n) is 4.70. The predicted octanol–water partition coefficient (Wildman–Crippen LogP) is -1.37. The minimum atomic E-state index is -2.20. The molecule has 4 atom stereocenters. The first kappa shape index (κ1) is 19.6. The Morgan fingerprint density at radius 1 is 1.22 bits per heavy atom. The summed E-state index contributed by atoms with van der Waals surface area (Å²) in [5, 5.41) is 38.2. The van der Waals surface area contributed by atoms with E-state index in [0.717, 1.165) is 5.39 Å². The van der Waals surface area contributed by atoms with Gasteiger partial charge in [-0.2, -0.15) is 0 Å². The number of carbonyl (C=O) groups is 2. The maximum atomic E-state index is 10.7. The first-order chi connectivity index (χ1) is 10.4. The molecule has 1 aromatic heterocycles. The Bertz CT molecular complexity index is 641. The van der Waals surface area contributed by atoms with Crippen molar-refractivity contribution >= 4 is 52.7 Å². The number of nitrogens with one attached hydrogen (secondary N) is 1. The Balaban J connectivity index is 0.00000264. The predicted molar refractivity (Wildman–Crippen MR) is 81.6 cm³/mol. The van der Waals surface area contributed by atoms with Gasteiger partial charge >= 0.3 is 35.5 Å². The van der Waals surface area contributed by atoms with Gasteiger partial charge < -0.3 is 34.9 Å². The van der Waals surface area contributed by atoms with Crippen molar-refractivity contribution in [2.24, 2.45) is 0 Å². The molecule has 0 radical (unpaired) electrons. The number of aromatic nitrogens is 1. The van der Waals surface area contributed by atoms with E-state index in [2.05, 4.69) is 4.98 Å². The number of rotatable bonds is 7. The fraction of sp³-hybridized carbons (Fsp3) is 0.286. The quantitative estimate of drug-likeness (QED) is 0.311. The molecule has 0 bridgehead atoms. The molecule has 8 nitrogen and oxygen atoms in total. The minimum absolute atomic E-state index is 0. The Hall–Kier alpha value is -1.42. The van der Waals surface area contributed by atoms with Gasteiger partial charge in [0.25, 0.3) is 0 Å². The summed E-state index contributed by atoms with van der Waals surface area (Å²) in [5.41, 5.74) is 0.713. The summed E-state index contributed by atoms with van der Waals surface area (Å²) in [5.74, 6) is -1.58. The molecule has 2 aromatic rings. The van der Waals surface area contributed by atoms with E-state index >= 15 is 0 Å². The molecule has 1 aromatic carbocycles. The molecular weight excluding hydrogens is 317 g/mol. The fourth-order valence-corrected chi connectivity index (χ4v) is 2.00. The van der Waals surface area contributed by atoms with Gasteiger partial charge in [-0.1, -0.05) is 18.2 Å². The molecule has 23 heavy (non-hydrogen) atoms. The number of H-pyrrole nitrogens is 1. The van der Waals surface area contributed by atoms with E-state index in [-0.39, 0.29) is 41.7 Å². The molecule has 0 aliphatic rings. The molecule has 0 fully saturated rings. The van der Waals surface area contributed by atoms with Crippen molar-refractivity contribution < 1.29 is 34.8 Å². The number of carbonyl (C=O) groups excluding carboxylic acids is 1. The number of aliphatic hydroxyl groups is 3. The van der Waals surface area contributed by atoms with E-state index in [4.69, 9.17) is 9.84 Å². The topological polar surface area (TPSA) is 140 Å². The van der Waals surface area contributed by atoms with Crippen LogP contribution in [0, 0.1) is 0 Å². The summed E-state index contributed by atoms with van der Waals surface area (Å²) in [7, 11) is 0. The van der Waals surface area contributed by atoms with Crippen molar-refractivity contribution in [1.82, 2.24) is 4.98 Å². The number of fused-ring (bicyclic) bond motifs is 1. The van der Waals surface area contributed by atoms with E-state index in [0.29, 0.717) is 5.52 Å². The number of aromatic amines is 1. The van der Waals surface area contributed by atoms with Crippen molar-refractivity contribution in [2.75, 3.05) is 0 Å². The second-order valence-corrected chi connectivity index (χ2v) is 4.70. The number of carboxylic acid groups (broad SMARTS) is 1. The van der Waals surface area contributed by atoms with Crippen LogP contribution in [0.15, 0.2) is 30.3 Å². The van der Waals surface area contributed by atoms with Gasteiger partial charge in [-0.05, 0) is 6.07 Å². The summed E-state index contributed by atoms with van der Waals surface area (Å²) >= 11 is 0. The fourth-order valence-electron chi connectivity index (χ4n) is 2.00. The molecule has 1 heterocycles. The average molecular weight is 333 g/mol. The number of aliphatic hydroxyl groups excluding tert-OH is 3. The molecule has 2 rings (SSSR count). The van der Waals surface area contributed by atoms with Gasteiger partial charge in [0.15, 0.2) is 24.4 Å². The van der Waals surface area contributed by atoms with Gasteiger partial charge in [0.2, 0.25) is 0 Å². The number of benzene rings is 1. The summed E-state index contributed by atoms with van der Waals surface area (Å²) in [4.78, 5) is 24.3. The van der Waals surface area contributed by atoms with Crippen LogP contribution in [0.4, 0.5) is 0 Å². The van der Waals surface area contributed by atoms with Gasteiger partial charge in [-0.25, -0.2) is 4.79 Å². The van der Waals surface area contributed by atoms with Crippen molar-refractivity contribution in [2.45, 2.75) is 24.4 Å². The van der Waals surface area contributed by atoms with E-state index in [9.17, 15) is 24.9 Å². The molecule has 0 aliphatic heterocycles. The van der Waals surface area contributed by atoms with E-state index in [1.807, 2.05) is 0 Å². The van der Waals surface area contributed by atoms with Crippen molar-refractivity contribution in [3.05, 3.63) is 30.3 Å². The normalized spacial score (nSPS) is 16.0. The third-order valence-electron chi connectivity index (χ3n) is 3.16. The number of hydrogen-bond donors (Lipinski definition) is 5. The van der Waals surface area contributed by atoms with Gasteiger partial charge in [0, 0.05) is 17.0 Å². The molecule has 0 aliphatic carbocycles. The zero-order valence-corrected chi connectivity index (χ0v) is 11.3. The van der Waals surface area contributed by atoms with Crippen LogP contribution >= 0.6 is 0 Å². The molecule has 120 valence electrons. The Morgan fingerprint density at radius 2 is 1.87 bits per heavy atom. The zero-order valence-electron chi connectivity index (χ0n) is 11.3. The van der Waals surface area contributed by atoms with Crippen LogP contribution < -0.4 is 4.74 Å². The molecule has 0 saturated heterocycles. The van der Waals surface area contributed by atoms with Gasteiger partial charge in [0.1, 0.15) is 12.2 Å². The summed E-state index contributed by atoms with van der Waals surface area (Å²) in [6.45, 7) is 0. The van der Waals surface area contributed by atoms with Crippen molar-refractivity contribution in [3.8, 4) is 5.88 Å². The summed E-state index contributed by atoms with van der Waals surface area (Å²) < 4.78 is 5.28. The molecule has 0 unspecified atom stereocenters. The van der Waals surface area contributed by atoms with Gasteiger partial charge in [-0.15, -0.1) is 0 Å². The average Bonchev–Trinajstić information content (AvgIpc) is 2.92. The van der Waals surface area contributed by atoms with E-state index < -0.39 is 30.4 Å². The Labute approximate surface area is 153 Å². The van der Waals surface area contributed by atoms with Crippen LogP contribution in [0.3, 0.4) is 0 Å². The number of carboxylic acids is 1. The SMILES string of the molecule is O=C[C@H](O)[C@@H](Oc1cc2ccccc2[nH]1)[C@H](O)[C@H](O)C(=O)O.[NaH]. The van der Waals surface area contributed by atoms with Crippen molar-refractivity contribution in [3.63, 3.8) is 0 Å². The number of aliphatic carboxylic acids is 1.